The van der Waals surface area contributed by atoms with Gasteiger partial charge >= 0.3 is 12.2 Å². The highest BCUT2D eigenvalue weighted by atomic mass is 16.6. The molecule has 1 rings (SSSR count). The monoisotopic (exact) mass is 300 g/mol. The number of amides is 2. The van der Waals surface area contributed by atoms with E-state index in [2.05, 4.69) is 10.6 Å². The fourth-order valence-corrected chi connectivity index (χ4v) is 2.79. The molecule has 3 N–H and O–H groups in total. The fraction of sp³-hybridized carbons (Fsp3) is 0.867. The highest BCUT2D eigenvalue weighted by Crippen LogP contribution is 2.28. The molecule has 2 amide bonds. The third-order valence-corrected chi connectivity index (χ3v) is 3.62. The van der Waals surface area contributed by atoms with Crippen LogP contribution in [0.5, 0.6) is 0 Å². The molecule has 0 heterocycles. The molecule has 0 spiro atoms. The lowest BCUT2D eigenvalue weighted by Gasteiger charge is -2.31. The fourth-order valence-electron chi connectivity index (χ4n) is 2.79. The average molecular weight is 300 g/mol. The maximum absolute atomic E-state index is 11.7. The predicted molar refractivity (Wildman–Crippen MR) is 80.4 cm³/mol. The van der Waals surface area contributed by atoms with Crippen LogP contribution >= 0.6 is 0 Å². The molecule has 6 heteroatoms. The van der Waals surface area contributed by atoms with E-state index in [1.807, 2.05) is 27.7 Å². The Bertz CT molecular complexity index is 357. The van der Waals surface area contributed by atoms with E-state index >= 15 is 0 Å². The first kappa shape index (κ1) is 17.6. The molecule has 21 heavy (non-hydrogen) atoms. The van der Waals surface area contributed by atoms with Gasteiger partial charge in [0, 0.05) is 12.1 Å². The summed E-state index contributed by atoms with van der Waals surface area (Å²) in [6.07, 6.45) is 3.38. The lowest BCUT2D eigenvalue weighted by molar-refractivity contribution is 0.0485. The van der Waals surface area contributed by atoms with Crippen molar-refractivity contribution in [2.24, 2.45) is 5.92 Å². The van der Waals surface area contributed by atoms with Crippen molar-refractivity contribution >= 4 is 12.2 Å². The number of carbonyl (C=O) groups is 2. The van der Waals surface area contributed by atoms with Crippen LogP contribution in [-0.2, 0) is 4.74 Å². The summed E-state index contributed by atoms with van der Waals surface area (Å²) in [5.74, 6) is 0.517. The molecule has 1 saturated carbocycles. The van der Waals surface area contributed by atoms with Crippen molar-refractivity contribution < 1.29 is 19.4 Å². The Hall–Kier alpha value is -1.46. The number of nitrogens with one attached hydrogen (secondary N) is 2. The molecule has 1 aliphatic carbocycles. The van der Waals surface area contributed by atoms with E-state index in [4.69, 9.17) is 9.84 Å². The number of hydrogen-bond donors (Lipinski definition) is 3. The van der Waals surface area contributed by atoms with Crippen LogP contribution in [0.1, 0.15) is 59.8 Å². The van der Waals surface area contributed by atoms with Gasteiger partial charge in [-0.25, -0.2) is 9.59 Å². The van der Waals surface area contributed by atoms with Crippen molar-refractivity contribution in [3.05, 3.63) is 0 Å². The number of alkyl carbamates (subject to hydrolysis) is 1. The molecule has 0 aromatic heterocycles. The summed E-state index contributed by atoms with van der Waals surface area (Å²) < 4.78 is 5.25. The Morgan fingerprint density at radius 2 is 1.81 bits per heavy atom. The van der Waals surface area contributed by atoms with Crippen LogP contribution in [0.4, 0.5) is 9.59 Å². The Kier molecular flexibility index (Phi) is 6.30. The average Bonchev–Trinajstić information content (AvgIpc) is 2.27. The molecular formula is C15H28N2O4. The maximum Gasteiger partial charge on any atom is 0.407 e. The minimum Gasteiger partial charge on any atom is -0.465 e. The van der Waals surface area contributed by atoms with E-state index in [-0.39, 0.29) is 18.2 Å². The third-order valence-electron chi connectivity index (χ3n) is 3.62. The van der Waals surface area contributed by atoms with E-state index in [0.29, 0.717) is 5.92 Å². The number of ether oxygens (including phenoxy) is 1. The van der Waals surface area contributed by atoms with Crippen molar-refractivity contribution in [3.8, 4) is 0 Å². The standard InChI is InChI=1S/C15H28N2O4/c1-10(16-13(18)19)9-11-5-7-12(8-6-11)17-14(20)21-15(2,3)4/h10-12,16H,5-9H2,1-4H3,(H,17,20)(H,18,19)/t10?,11-,12-. The second-order valence-corrected chi connectivity index (χ2v) is 6.95. The van der Waals surface area contributed by atoms with Crippen molar-refractivity contribution in [3.63, 3.8) is 0 Å². The highest BCUT2D eigenvalue weighted by molar-refractivity contribution is 5.68. The van der Waals surface area contributed by atoms with Gasteiger partial charge in [0.1, 0.15) is 5.60 Å². The number of carbonyl (C=O) groups excluding carboxylic acids is 1. The summed E-state index contributed by atoms with van der Waals surface area (Å²) in [4.78, 5) is 22.3. The van der Waals surface area contributed by atoms with Crippen LogP contribution in [0.25, 0.3) is 0 Å². The van der Waals surface area contributed by atoms with Gasteiger partial charge in [0.2, 0.25) is 0 Å². The van der Waals surface area contributed by atoms with Crippen LogP contribution in [0.3, 0.4) is 0 Å². The Balaban J connectivity index is 2.26. The number of rotatable bonds is 4. The molecule has 1 unspecified atom stereocenters. The van der Waals surface area contributed by atoms with Crippen LogP contribution in [0.15, 0.2) is 0 Å². The van der Waals surface area contributed by atoms with Gasteiger partial charge in [-0.3, -0.25) is 0 Å². The summed E-state index contributed by atoms with van der Waals surface area (Å²) in [7, 11) is 0. The van der Waals surface area contributed by atoms with Crippen molar-refractivity contribution in [1.29, 1.82) is 0 Å². The topological polar surface area (TPSA) is 87.7 Å². The summed E-state index contributed by atoms with van der Waals surface area (Å²) in [5.41, 5.74) is -0.473. The highest BCUT2D eigenvalue weighted by Gasteiger charge is 2.25. The zero-order chi connectivity index (χ0) is 16.0. The first-order valence-corrected chi connectivity index (χ1v) is 7.64. The second-order valence-electron chi connectivity index (χ2n) is 6.95. The molecular weight excluding hydrogens is 272 g/mol. The Morgan fingerprint density at radius 1 is 1.24 bits per heavy atom. The first-order valence-electron chi connectivity index (χ1n) is 7.64. The zero-order valence-corrected chi connectivity index (χ0v) is 13.4. The minimum atomic E-state index is -0.970. The van der Waals surface area contributed by atoms with E-state index in [1.165, 1.54) is 0 Å². The summed E-state index contributed by atoms with van der Waals surface area (Å²) >= 11 is 0. The largest absolute Gasteiger partial charge is 0.465 e. The Morgan fingerprint density at radius 3 is 2.29 bits per heavy atom. The van der Waals surface area contributed by atoms with Crippen molar-refractivity contribution in [2.45, 2.75) is 77.5 Å². The van der Waals surface area contributed by atoms with Gasteiger partial charge in [0.25, 0.3) is 0 Å². The molecule has 0 aliphatic heterocycles. The third kappa shape index (κ3) is 7.78. The first-order chi connectivity index (χ1) is 9.65. The van der Waals surface area contributed by atoms with Gasteiger partial charge in [-0.1, -0.05) is 0 Å². The molecule has 0 aromatic carbocycles. The van der Waals surface area contributed by atoms with Gasteiger partial charge < -0.3 is 20.5 Å². The van der Waals surface area contributed by atoms with Gasteiger partial charge in [0.05, 0.1) is 0 Å². The smallest absolute Gasteiger partial charge is 0.407 e. The van der Waals surface area contributed by atoms with Crippen LogP contribution in [0.2, 0.25) is 0 Å². The number of carboxylic acid groups (broad SMARTS) is 1. The summed E-state index contributed by atoms with van der Waals surface area (Å²) in [6, 6.07) is 0.140. The van der Waals surface area contributed by atoms with Crippen LogP contribution < -0.4 is 10.6 Å². The Labute approximate surface area is 126 Å². The molecule has 1 fully saturated rings. The summed E-state index contributed by atoms with van der Waals surface area (Å²) in [5, 5.41) is 14.1. The molecule has 0 radical (unpaired) electrons. The van der Waals surface area contributed by atoms with Crippen LogP contribution in [0, 0.1) is 5.92 Å². The second kappa shape index (κ2) is 7.52. The molecule has 0 bridgehead atoms. The SMILES string of the molecule is CC(C[C@H]1CC[C@H](NC(=O)OC(C)(C)C)CC1)NC(=O)O. The van der Waals surface area contributed by atoms with Gasteiger partial charge in [0.15, 0.2) is 0 Å². The molecule has 122 valence electrons. The van der Waals surface area contributed by atoms with Gasteiger partial charge in [-0.15, -0.1) is 0 Å². The van der Waals surface area contributed by atoms with E-state index in [0.717, 1.165) is 32.1 Å². The van der Waals surface area contributed by atoms with Gasteiger partial charge in [-0.05, 0) is 65.7 Å². The number of hydrogen-bond acceptors (Lipinski definition) is 3. The molecule has 0 aromatic rings. The normalized spacial score (nSPS) is 24.0. The van der Waals surface area contributed by atoms with E-state index in [9.17, 15) is 9.59 Å². The summed E-state index contributed by atoms with van der Waals surface area (Å²) in [6.45, 7) is 7.43. The predicted octanol–water partition coefficient (Wildman–Crippen LogP) is 3.12. The quantitative estimate of drug-likeness (QED) is 0.744. The van der Waals surface area contributed by atoms with Crippen LogP contribution in [-0.4, -0.2) is 35.0 Å². The molecule has 1 aliphatic rings. The lowest BCUT2D eigenvalue weighted by atomic mass is 9.82. The molecule has 1 atom stereocenters. The lowest BCUT2D eigenvalue weighted by Crippen LogP contribution is -2.41. The van der Waals surface area contributed by atoms with Crippen molar-refractivity contribution in [2.75, 3.05) is 0 Å². The zero-order valence-electron chi connectivity index (χ0n) is 13.4. The maximum atomic E-state index is 11.7. The van der Waals surface area contributed by atoms with E-state index in [1.54, 1.807) is 0 Å². The molecule has 6 nitrogen and oxygen atoms in total. The van der Waals surface area contributed by atoms with E-state index < -0.39 is 11.7 Å². The minimum absolute atomic E-state index is 0.0251. The van der Waals surface area contributed by atoms with Crippen molar-refractivity contribution in [1.82, 2.24) is 10.6 Å². The van der Waals surface area contributed by atoms with Gasteiger partial charge in [-0.2, -0.15) is 0 Å². The molecule has 0 saturated heterocycles.